The summed E-state index contributed by atoms with van der Waals surface area (Å²) in [4.78, 5) is 30.9. The highest BCUT2D eigenvalue weighted by Gasteiger charge is 2.38. The molecule has 0 saturated carbocycles. The van der Waals surface area contributed by atoms with Gasteiger partial charge in [0, 0.05) is 45.2 Å². The van der Waals surface area contributed by atoms with Crippen molar-refractivity contribution in [3.63, 3.8) is 0 Å². The Hall–Kier alpha value is -0.560. The van der Waals surface area contributed by atoms with Crippen LogP contribution in [-0.2, 0) is 9.59 Å². The Kier molecular flexibility index (Phi) is 10.9. The minimum absolute atomic E-state index is 0. The molecule has 2 aliphatic heterocycles. The molecule has 0 spiro atoms. The lowest BCUT2D eigenvalue weighted by molar-refractivity contribution is -0.137. The lowest BCUT2D eigenvalue weighted by atomic mass is 10.0. The van der Waals surface area contributed by atoms with Crippen LogP contribution in [0.3, 0.4) is 0 Å². The molecule has 1 N–H and O–H groups in total. The van der Waals surface area contributed by atoms with E-state index in [0.717, 1.165) is 39.0 Å². The molecular weight excluding hydrogens is 351 g/mol. The predicted octanol–water partition coefficient (Wildman–Crippen LogP) is 0.841. The molecule has 142 valence electrons. The number of carbonyl (C=O) groups excluding carboxylic acids is 2. The molecule has 8 heteroatoms. The number of likely N-dealkylation sites (tertiary alicyclic amines) is 1. The minimum atomic E-state index is -0.151. The van der Waals surface area contributed by atoms with Crippen molar-refractivity contribution in [2.24, 2.45) is 5.92 Å². The van der Waals surface area contributed by atoms with E-state index >= 15 is 0 Å². The maximum atomic E-state index is 12.9. The second-order valence-corrected chi connectivity index (χ2v) is 6.72. The summed E-state index contributed by atoms with van der Waals surface area (Å²) in [6.07, 6.45) is 2.37. The third-order valence-corrected chi connectivity index (χ3v) is 4.60. The van der Waals surface area contributed by atoms with Crippen LogP contribution in [0.2, 0.25) is 0 Å². The van der Waals surface area contributed by atoms with Crippen molar-refractivity contribution in [3.8, 4) is 0 Å². The number of hydrogen-bond donors (Lipinski definition) is 1. The van der Waals surface area contributed by atoms with Gasteiger partial charge >= 0.3 is 0 Å². The molecule has 2 saturated heterocycles. The Bertz CT molecular complexity index is 404. The monoisotopic (exact) mass is 382 g/mol. The van der Waals surface area contributed by atoms with Crippen LogP contribution < -0.4 is 5.32 Å². The number of likely N-dealkylation sites (N-methyl/N-ethyl adjacent to an activating group) is 1. The highest BCUT2D eigenvalue weighted by atomic mass is 35.5. The number of halogens is 2. The maximum absolute atomic E-state index is 12.9. The first-order valence-corrected chi connectivity index (χ1v) is 8.46. The molecule has 0 aromatic rings. The molecule has 0 radical (unpaired) electrons. The predicted molar refractivity (Wildman–Crippen MR) is 101 cm³/mol. The molecule has 6 nitrogen and oxygen atoms in total. The van der Waals surface area contributed by atoms with E-state index in [9.17, 15) is 9.59 Å². The van der Waals surface area contributed by atoms with Crippen LogP contribution in [-0.4, -0.2) is 85.9 Å². The van der Waals surface area contributed by atoms with Gasteiger partial charge in [-0.25, -0.2) is 0 Å². The fourth-order valence-electron chi connectivity index (χ4n) is 3.33. The third-order valence-electron chi connectivity index (χ3n) is 4.60. The highest BCUT2D eigenvalue weighted by molar-refractivity contribution is 5.89. The maximum Gasteiger partial charge on any atom is 0.228 e. The first kappa shape index (κ1) is 23.4. The molecule has 2 unspecified atom stereocenters. The average Bonchev–Trinajstić information content (AvgIpc) is 3.11. The van der Waals surface area contributed by atoms with E-state index in [4.69, 9.17) is 0 Å². The van der Waals surface area contributed by atoms with Gasteiger partial charge in [-0.2, -0.15) is 0 Å². The summed E-state index contributed by atoms with van der Waals surface area (Å²) in [6.45, 7) is 6.92. The number of amides is 2. The van der Waals surface area contributed by atoms with Crippen molar-refractivity contribution in [3.05, 3.63) is 0 Å². The molecule has 0 aromatic carbocycles. The normalized spacial score (nSPS) is 23.2. The summed E-state index contributed by atoms with van der Waals surface area (Å²) >= 11 is 0. The molecule has 2 rings (SSSR count). The molecule has 0 aromatic heterocycles. The van der Waals surface area contributed by atoms with Crippen molar-refractivity contribution in [2.75, 3.05) is 53.4 Å². The summed E-state index contributed by atoms with van der Waals surface area (Å²) in [6, 6.07) is 0.304. The summed E-state index contributed by atoms with van der Waals surface area (Å²) in [5, 5.41) is 3.33. The first-order valence-electron chi connectivity index (χ1n) is 8.46. The van der Waals surface area contributed by atoms with Crippen LogP contribution in [0.5, 0.6) is 0 Å². The van der Waals surface area contributed by atoms with Gasteiger partial charge in [-0.3, -0.25) is 9.59 Å². The van der Waals surface area contributed by atoms with Crippen LogP contribution in [0.25, 0.3) is 0 Å². The second kappa shape index (κ2) is 11.1. The van der Waals surface area contributed by atoms with Crippen LogP contribution in [0.15, 0.2) is 0 Å². The lowest BCUT2D eigenvalue weighted by Gasteiger charge is -2.30. The van der Waals surface area contributed by atoms with Crippen molar-refractivity contribution < 1.29 is 9.59 Å². The molecule has 2 fully saturated rings. The summed E-state index contributed by atoms with van der Waals surface area (Å²) in [7, 11) is 4.00. The standard InChI is InChI=1S/C16H30N4O2.2ClH/c1-4-7-20(14-5-6-17-11-14)16(22)13-10-15(21)19(12-13)9-8-18(2)3;;/h13-14,17H,4-12H2,1-3H3;2*1H. The molecular formula is C16H32Cl2N4O2. The SMILES string of the molecule is CCCN(C(=O)C1CC(=O)N(CCN(C)C)C1)C1CCNC1.Cl.Cl. The van der Waals surface area contributed by atoms with Crippen LogP contribution in [0.4, 0.5) is 0 Å². The fraction of sp³-hybridized carbons (Fsp3) is 0.875. The summed E-state index contributed by atoms with van der Waals surface area (Å²) < 4.78 is 0. The van der Waals surface area contributed by atoms with Gasteiger partial charge in [0.2, 0.25) is 11.8 Å². The smallest absolute Gasteiger partial charge is 0.228 e. The van der Waals surface area contributed by atoms with Gasteiger partial charge in [0.1, 0.15) is 0 Å². The van der Waals surface area contributed by atoms with Gasteiger partial charge in [0.15, 0.2) is 0 Å². The molecule has 2 amide bonds. The van der Waals surface area contributed by atoms with Gasteiger partial charge in [-0.05, 0) is 33.5 Å². The molecule has 2 heterocycles. The summed E-state index contributed by atoms with van der Waals surface area (Å²) in [5.74, 6) is 0.152. The highest BCUT2D eigenvalue weighted by Crippen LogP contribution is 2.22. The van der Waals surface area contributed by atoms with E-state index in [0.29, 0.717) is 25.6 Å². The molecule has 24 heavy (non-hydrogen) atoms. The Morgan fingerprint density at radius 2 is 2.00 bits per heavy atom. The van der Waals surface area contributed by atoms with Gasteiger partial charge in [-0.15, -0.1) is 24.8 Å². The third kappa shape index (κ3) is 6.06. The Labute approximate surface area is 158 Å². The van der Waals surface area contributed by atoms with Crippen molar-refractivity contribution in [1.82, 2.24) is 20.0 Å². The Balaban J connectivity index is 0.00000264. The first-order chi connectivity index (χ1) is 10.5. The van der Waals surface area contributed by atoms with Gasteiger partial charge < -0.3 is 20.0 Å². The van der Waals surface area contributed by atoms with Crippen LogP contribution >= 0.6 is 24.8 Å². The zero-order chi connectivity index (χ0) is 16.1. The van der Waals surface area contributed by atoms with E-state index in [1.54, 1.807) is 0 Å². The van der Waals surface area contributed by atoms with Gasteiger partial charge in [-0.1, -0.05) is 6.92 Å². The van der Waals surface area contributed by atoms with E-state index in [1.165, 1.54) is 0 Å². The number of hydrogen-bond acceptors (Lipinski definition) is 4. The number of rotatable bonds is 7. The Morgan fingerprint density at radius 1 is 1.29 bits per heavy atom. The quantitative estimate of drug-likeness (QED) is 0.708. The number of carbonyl (C=O) groups is 2. The van der Waals surface area contributed by atoms with Crippen LogP contribution in [0.1, 0.15) is 26.2 Å². The molecule has 0 bridgehead atoms. The lowest BCUT2D eigenvalue weighted by Crippen LogP contribution is -2.45. The topological polar surface area (TPSA) is 55.9 Å². The van der Waals surface area contributed by atoms with Gasteiger partial charge in [0.05, 0.1) is 5.92 Å². The van der Waals surface area contributed by atoms with E-state index in [1.807, 2.05) is 23.9 Å². The Morgan fingerprint density at radius 3 is 2.54 bits per heavy atom. The average molecular weight is 383 g/mol. The number of nitrogens with one attached hydrogen (secondary N) is 1. The zero-order valence-electron chi connectivity index (χ0n) is 15.0. The molecule has 2 atom stereocenters. The summed E-state index contributed by atoms with van der Waals surface area (Å²) in [5.41, 5.74) is 0. The van der Waals surface area contributed by atoms with Crippen molar-refractivity contribution >= 4 is 36.6 Å². The van der Waals surface area contributed by atoms with E-state index in [2.05, 4.69) is 17.1 Å². The second-order valence-electron chi connectivity index (χ2n) is 6.72. The van der Waals surface area contributed by atoms with E-state index < -0.39 is 0 Å². The largest absolute Gasteiger partial charge is 0.341 e. The van der Waals surface area contributed by atoms with Crippen molar-refractivity contribution in [1.29, 1.82) is 0 Å². The molecule has 0 aliphatic carbocycles. The van der Waals surface area contributed by atoms with E-state index in [-0.39, 0.29) is 42.5 Å². The fourth-order valence-corrected chi connectivity index (χ4v) is 3.33. The minimum Gasteiger partial charge on any atom is -0.341 e. The van der Waals surface area contributed by atoms with Crippen LogP contribution in [0, 0.1) is 5.92 Å². The molecule has 2 aliphatic rings. The number of nitrogens with zero attached hydrogens (tertiary/aromatic N) is 3. The van der Waals surface area contributed by atoms with Gasteiger partial charge in [0.25, 0.3) is 0 Å². The van der Waals surface area contributed by atoms with Crippen molar-refractivity contribution in [2.45, 2.75) is 32.2 Å². The zero-order valence-corrected chi connectivity index (χ0v) is 16.6.